The SMILES string of the molecule is [N-]=[N+]=NS(=O)(=O)c1ccc(N)c([N+](=O)[O-])c1. The van der Waals surface area contributed by atoms with Crippen LogP contribution >= 0.6 is 0 Å². The number of benzene rings is 1. The van der Waals surface area contributed by atoms with E-state index in [4.69, 9.17) is 11.3 Å². The van der Waals surface area contributed by atoms with E-state index < -0.39 is 25.5 Å². The molecule has 0 spiro atoms. The molecule has 16 heavy (non-hydrogen) atoms. The fourth-order valence-corrected chi connectivity index (χ4v) is 1.63. The molecule has 0 radical (unpaired) electrons. The maximum atomic E-state index is 11.2. The Morgan fingerprint density at radius 1 is 1.50 bits per heavy atom. The lowest BCUT2D eigenvalue weighted by Crippen LogP contribution is -2.00. The van der Waals surface area contributed by atoms with Crippen molar-refractivity contribution in [2.24, 2.45) is 4.52 Å². The van der Waals surface area contributed by atoms with Gasteiger partial charge in [0.2, 0.25) is 0 Å². The van der Waals surface area contributed by atoms with Crippen molar-refractivity contribution < 1.29 is 13.3 Å². The van der Waals surface area contributed by atoms with Crippen molar-refractivity contribution >= 4 is 21.4 Å². The molecule has 0 aliphatic carbocycles. The second-order valence-electron chi connectivity index (χ2n) is 2.62. The molecule has 0 heterocycles. The Kier molecular flexibility index (Phi) is 2.97. The van der Waals surface area contributed by atoms with Crippen LogP contribution in [0.2, 0.25) is 0 Å². The zero-order valence-electron chi connectivity index (χ0n) is 7.64. The topological polar surface area (TPSA) is 152 Å². The Bertz CT molecular complexity index is 589. The first-order chi connectivity index (χ1) is 7.38. The van der Waals surface area contributed by atoms with Gasteiger partial charge < -0.3 is 5.73 Å². The molecule has 10 heteroatoms. The fraction of sp³-hybridized carbons (Fsp3) is 0. The van der Waals surface area contributed by atoms with E-state index in [0.717, 1.165) is 18.2 Å². The highest BCUT2D eigenvalue weighted by Crippen LogP contribution is 2.25. The van der Waals surface area contributed by atoms with E-state index in [2.05, 4.69) is 9.43 Å². The van der Waals surface area contributed by atoms with Gasteiger partial charge in [-0.25, -0.2) is 8.42 Å². The van der Waals surface area contributed by atoms with Crippen molar-refractivity contribution in [1.29, 1.82) is 0 Å². The maximum Gasteiger partial charge on any atom is 0.293 e. The number of hydrogen-bond acceptors (Lipinski definition) is 5. The predicted molar refractivity (Wildman–Crippen MR) is 53.8 cm³/mol. The van der Waals surface area contributed by atoms with E-state index in [1.54, 1.807) is 0 Å². The molecule has 0 aromatic heterocycles. The van der Waals surface area contributed by atoms with Gasteiger partial charge in [-0.2, -0.15) is 0 Å². The third-order valence-electron chi connectivity index (χ3n) is 1.64. The van der Waals surface area contributed by atoms with Gasteiger partial charge in [-0.1, -0.05) is 0 Å². The molecule has 0 atom stereocenters. The van der Waals surface area contributed by atoms with Crippen LogP contribution in [0.4, 0.5) is 11.4 Å². The van der Waals surface area contributed by atoms with Crippen molar-refractivity contribution in [3.63, 3.8) is 0 Å². The first-order valence-corrected chi connectivity index (χ1v) is 5.18. The lowest BCUT2D eigenvalue weighted by molar-refractivity contribution is -0.384. The van der Waals surface area contributed by atoms with E-state index in [1.807, 2.05) is 0 Å². The van der Waals surface area contributed by atoms with Crippen molar-refractivity contribution in [2.75, 3.05) is 5.73 Å². The molecule has 0 aliphatic heterocycles. The molecule has 9 nitrogen and oxygen atoms in total. The highest BCUT2D eigenvalue weighted by molar-refractivity contribution is 7.90. The van der Waals surface area contributed by atoms with E-state index in [1.165, 1.54) is 0 Å². The summed E-state index contributed by atoms with van der Waals surface area (Å²) in [7, 11) is -4.23. The lowest BCUT2D eigenvalue weighted by atomic mass is 10.3. The van der Waals surface area contributed by atoms with E-state index in [-0.39, 0.29) is 5.69 Å². The van der Waals surface area contributed by atoms with Gasteiger partial charge in [-0.05, 0) is 17.7 Å². The van der Waals surface area contributed by atoms with Crippen molar-refractivity contribution in [3.8, 4) is 0 Å². The summed E-state index contributed by atoms with van der Waals surface area (Å²) in [5.74, 6) is 0. The smallest absolute Gasteiger partial charge is 0.293 e. The van der Waals surface area contributed by atoms with Gasteiger partial charge >= 0.3 is 0 Å². The summed E-state index contributed by atoms with van der Waals surface area (Å²) in [6.07, 6.45) is 0. The summed E-state index contributed by atoms with van der Waals surface area (Å²) in [5, 5.41) is 10.5. The average molecular weight is 243 g/mol. The highest BCUT2D eigenvalue weighted by atomic mass is 32.2. The molecule has 0 saturated heterocycles. The molecule has 1 rings (SSSR count). The quantitative estimate of drug-likeness (QED) is 0.211. The minimum Gasteiger partial charge on any atom is -0.393 e. The van der Waals surface area contributed by atoms with E-state index in [0.29, 0.717) is 0 Å². The van der Waals surface area contributed by atoms with Gasteiger partial charge in [0.15, 0.2) is 0 Å². The molecule has 0 amide bonds. The molecule has 0 bridgehead atoms. The molecular formula is C6H5N5O4S. The normalized spacial score (nSPS) is 10.5. The summed E-state index contributed by atoms with van der Waals surface area (Å²) < 4.78 is 25.0. The number of nitrogens with zero attached hydrogens (tertiary/aromatic N) is 4. The Balaban J connectivity index is 3.45. The lowest BCUT2D eigenvalue weighted by Gasteiger charge is -1.99. The summed E-state index contributed by atoms with van der Waals surface area (Å²) in [5.41, 5.74) is 12.5. The second-order valence-corrected chi connectivity index (χ2v) is 4.21. The van der Waals surface area contributed by atoms with Crippen LogP contribution in [-0.2, 0) is 10.0 Å². The Morgan fingerprint density at radius 3 is 2.62 bits per heavy atom. The summed E-state index contributed by atoms with van der Waals surface area (Å²) in [4.78, 5) is 11.3. The fourth-order valence-electron chi connectivity index (χ4n) is 0.937. The second kappa shape index (κ2) is 4.04. The van der Waals surface area contributed by atoms with Crippen LogP contribution < -0.4 is 5.73 Å². The van der Waals surface area contributed by atoms with Gasteiger partial charge in [0.05, 0.1) is 9.82 Å². The number of nitrogens with two attached hydrogens (primary N) is 1. The zero-order valence-corrected chi connectivity index (χ0v) is 8.46. The molecule has 84 valence electrons. The molecule has 0 aliphatic rings. The van der Waals surface area contributed by atoms with Crippen molar-refractivity contribution in [2.45, 2.75) is 4.90 Å². The average Bonchev–Trinajstić information content (AvgIpc) is 2.17. The predicted octanol–water partition coefficient (Wildman–Crippen LogP) is 1.18. The minimum atomic E-state index is -4.23. The third-order valence-corrected chi connectivity index (χ3v) is 2.78. The Labute approximate surface area is 89.3 Å². The molecule has 2 N–H and O–H groups in total. The first-order valence-electron chi connectivity index (χ1n) is 3.74. The monoisotopic (exact) mass is 243 g/mol. The van der Waals surface area contributed by atoms with Crippen LogP contribution in [0.25, 0.3) is 10.4 Å². The largest absolute Gasteiger partial charge is 0.393 e. The molecule has 0 unspecified atom stereocenters. The van der Waals surface area contributed by atoms with Gasteiger partial charge in [0, 0.05) is 15.5 Å². The van der Waals surface area contributed by atoms with Crippen LogP contribution in [0.15, 0.2) is 27.6 Å². The number of nitrogen functional groups attached to an aromatic ring is 1. The summed E-state index contributed by atoms with van der Waals surface area (Å²) >= 11 is 0. The van der Waals surface area contributed by atoms with E-state index >= 15 is 0 Å². The minimum absolute atomic E-state index is 0.176. The van der Waals surface area contributed by atoms with Gasteiger partial charge in [0.1, 0.15) is 5.69 Å². The van der Waals surface area contributed by atoms with Gasteiger partial charge in [-0.15, -0.1) is 0 Å². The van der Waals surface area contributed by atoms with Crippen LogP contribution in [0.1, 0.15) is 0 Å². The number of nitro benzene ring substituents is 1. The number of hydrogen-bond donors (Lipinski definition) is 1. The summed E-state index contributed by atoms with van der Waals surface area (Å²) in [6, 6.07) is 2.81. The first kappa shape index (κ1) is 11.8. The number of rotatable bonds is 3. The standard InChI is InChI=1S/C6H5N5O4S/c7-5-2-1-4(3-6(5)11(12)13)16(14,15)10-9-8/h1-3H,7H2. The highest BCUT2D eigenvalue weighted by Gasteiger charge is 2.18. The van der Waals surface area contributed by atoms with E-state index in [9.17, 15) is 18.5 Å². The Morgan fingerprint density at radius 2 is 2.12 bits per heavy atom. The molecule has 0 saturated carbocycles. The number of nitro groups is 1. The molecule has 1 aromatic rings. The number of azide groups is 1. The summed E-state index contributed by atoms with van der Waals surface area (Å²) in [6.45, 7) is 0. The molecule has 1 aromatic carbocycles. The van der Waals surface area contributed by atoms with Crippen LogP contribution in [0.5, 0.6) is 0 Å². The van der Waals surface area contributed by atoms with Crippen LogP contribution in [0.3, 0.4) is 0 Å². The van der Waals surface area contributed by atoms with Crippen molar-refractivity contribution in [3.05, 3.63) is 38.8 Å². The zero-order chi connectivity index (χ0) is 12.3. The van der Waals surface area contributed by atoms with Gasteiger partial charge in [-0.3, -0.25) is 10.1 Å². The Hall–Kier alpha value is -2.32. The number of sulfonamides is 1. The van der Waals surface area contributed by atoms with Crippen molar-refractivity contribution in [1.82, 2.24) is 0 Å². The van der Waals surface area contributed by atoms with Gasteiger partial charge in [0.25, 0.3) is 15.7 Å². The maximum absolute atomic E-state index is 11.2. The van der Waals surface area contributed by atoms with Crippen LogP contribution in [-0.4, -0.2) is 13.3 Å². The van der Waals surface area contributed by atoms with Crippen LogP contribution in [0, 0.1) is 10.1 Å². The third kappa shape index (κ3) is 2.19. The molecule has 0 fully saturated rings. The molecular weight excluding hydrogens is 238 g/mol. The number of anilines is 1.